The van der Waals surface area contributed by atoms with E-state index in [9.17, 15) is 4.79 Å². The van der Waals surface area contributed by atoms with E-state index >= 15 is 0 Å². The molecule has 0 saturated carbocycles. The highest BCUT2D eigenvalue weighted by Crippen LogP contribution is 2.16. The Kier molecular flexibility index (Phi) is 5.31. The van der Waals surface area contributed by atoms with Crippen molar-refractivity contribution < 1.29 is 4.79 Å². The topological polar surface area (TPSA) is 50.2 Å². The fraction of sp³-hybridized carbons (Fsp3) is 0.412. The number of amides is 1. The first-order valence-corrected chi connectivity index (χ1v) is 8.36. The summed E-state index contributed by atoms with van der Waals surface area (Å²) in [6.07, 6.45) is 5.73. The lowest BCUT2D eigenvalue weighted by Gasteiger charge is -2.32. The largest absolute Gasteiger partial charge is 0.339 e. The van der Waals surface area contributed by atoms with Crippen molar-refractivity contribution in [1.29, 1.82) is 0 Å². The second kappa shape index (κ2) is 7.62. The molecule has 23 heavy (non-hydrogen) atoms. The highest BCUT2D eigenvalue weighted by Gasteiger charge is 2.23. The summed E-state index contributed by atoms with van der Waals surface area (Å²) in [6, 6.07) is 9.51. The van der Waals surface area contributed by atoms with Crippen molar-refractivity contribution >= 4 is 17.5 Å². The second-order valence-corrected chi connectivity index (χ2v) is 6.23. The quantitative estimate of drug-likeness (QED) is 0.915. The van der Waals surface area contributed by atoms with Gasteiger partial charge in [0.1, 0.15) is 0 Å². The maximum absolute atomic E-state index is 12.4. The fourth-order valence-electron chi connectivity index (χ4n) is 2.88. The third-order valence-electron chi connectivity index (χ3n) is 4.21. The van der Waals surface area contributed by atoms with Crippen LogP contribution in [-0.4, -0.2) is 46.3 Å². The number of carbonyl (C=O) groups excluding carboxylic acids is 1. The monoisotopic (exact) mass is 332 g/mol. The van der Waals surface area contributed by atoms with Crippen LogP contribution in [-0.2, 0) is 6.54 Å². The number of carbonyl (C=O) groups is 1. The fourth-order valence-corrected chi connectivity index (χ4v) is 3.00. The minimum absolute atomic E-state index is 0.0941. The molecule has 1 saturated heterocycles. The number of likely N-dealkylation sites (tertiary alicyclic amines) is 1. The van der Waals surface area contributed by atoms with E-state index in [4.69, 9.17) is 11.6 Å². The molecular formula is C17H21ClN4O. The van der Waals surface area contributed by atoms with E-state index < -0.39 is 0 Å². The van der Waals surface area contributed by atoms with Gasteiger partial charge in [-0.05, 0) is 43.2 Å². The summed E-state index contributed by atoms with van der Waals surface area (Å²) in [5, 5.41) is 8.39. The molecule has 1 aliphatic heterocycles. The van der Waals surface area contributed by atoms with Crippen molar-refractivity contribution in [1.82, 2.24) is 20.0 Å². The van der Waals surface area contributed by atoms with E-state index in [0.29, 0.717) is 16.6 Å². The molecule has 1 aliphatic rings. The van der Waals surface area contributed by atoms with Gasteiger partial charge in [-0.3, -0.25) is 9.48 Å². The number of aromatic nitrogens is 2. The van der Waals surface area contributed by atoms with Crippen molar-refractivity contribution in [2.75, 3.05) is 19.6 Å². The van der Waals surface area contributed by atoms with Crippen molar-refractivity contribution in [2.24, 2.45) is 0 Å². The molecule has 1 N–H and O–H groups in total. The molecule has 6 heteroatoms. The molecule has 0 atom stereocenters. The lowest BCUT2D eigenvalue weighted by molar-refractivity contribution is 0.0705. The molecule has 2 aromatic rings. The molecule has 5 nitrogen and oxygen atoms in total. The third-order valence-corrected chi connectivity index (χ3v) is 4.46. The number of nitrogens with one attached hydrogen (secondary N) is 1. The van der Waals surface area contributed by atoms with Crippen LogP contribution in [0.25, 0.3) is 0 Å². The van der Waals surface area contributed by atoms with Crippen LogP contribution in [0.3, 0.4) is 0 Å². The Labute approximate surface area is 141 Å². The Bertz CT molecular complexity index is 619. The summed E-state index contributed by atoms with van der Waals surface area (Å²) >= 11 is 5.87. The van der Waals surface area contributed by atoms with Crippen LogP contribution in [0.1, 0.15) is 23.2 Å². The second-order valence-electron chi connectivity index (χ2n) is 5.80. The normalized spacial score (nSPS) is 15.8. The van der Waals surface area contributed by atoms with Crippen LogP contribution >= 0.6 is 11.6 Å². The third kappa shape index (κ3) is 4.33. The van der Waals surface area contributed by atoms with Crippen molar-refractivity contribution in [3.63, 3.8) is 0 Å². The number of nitrogens with zero attached hydrogens (tertiary/aromatic N) is 3. The predicted octanol–water partition coefficient (Wildman–Crippen LogP) is 2.43. The zero-order valence-corrected chi connectivity index (χ0v) is 13.7. The van der Waals surface area contributed by atoms with E-state index in [0.717, 1.165) is 39.0 Å². The van der Waals surface area contributed by atoms with E-state index in [1.807, 2.05) is 21.8 Å². The summed E-state index contributed by atoms with van der Waals surface area (Å²) in [4.78, 5) is 14.4. The Morgan fingerprint density at radius 1 is 1.26 bits per heavy atom. The molecule has 0 aliphatic carbocycles. The van der Waals surface area contributed by atoms with Gasteiger partial charge in [-0.2, -0.15) is 5.10 Å². The van der Waals surface area contributed by atoms with Gasteiger partial charge in [0.15, 0.2) is 0 Å². The molecule has 0 radical (unpaired) electrons. The van der Waals surface area contributed by atoms with Crippen LogP contribution in [0, 0.1) is 0 Å². The first-order chi connectivity index (χ1) is 11.2. The smallest absolute Gasteiger partial charge is 0.253 e. The van der Waals surface area contributed by atoms with Crippen molar-refractivity contribution in [3.8, 4) is 0 Å². The molecule has 122 valence electrons. The van der Waals surface area contributed by atoms with Gasteiger partial charge < -0.3 is 10.2 Å². The highest BCUT2D eigenvalue weighted by atomic mass is 35.5. The number of hydrogen-bond donors (Lipinski definition) is 1. The van der Waals surface area contributed by atoms with Crippen molar-refractivity contribution in [2.45, 2.75) is 25.4 Å². The number of benzene rings is 1. The van der Waals surface area contributed by atoms with E-state index in [1.165, 1.54) is 0 Å². The maximum Gasteiger partial charge on any atom is 0.253 e. The number of hydrogen-bond acceptors (Lipinski definition) is 3. The van der Waals surface area contributed by atoms with Crippen LogP contribution < -0.4 is 5.32 Å². The van der Waals surface area contributed by atoms with E-state index in [2.05, 4.69) is 10.4 Å². The van der Waals surface area contributed by atoms with Gasteiger partial charge in [-0.25, -0.2) is 0 Å². The van der Waals surface area contributed by atoms with Gasteiger partial charge in [-0.15, -0.1) is 0 Å². The van der Waals surface area contributed by atoms with Gasteiger partial charge in [0.25, 0.3) is 5.91 Å². The average Bonchev–Trinajstić information content (AvgIpc) is 3.09. The molecule has 1 aromatic heterocycles. The lowest BCUT2D eigenvalue weighted by atomic mass is 10.0. The lowest BCUT2D eigenvalue weighted by Crippen LogP contribution is -2.45. The van der Waals surface area contributed by atoms with Crippen molar-refractivity contribution in [3.05, 3.63) is 53.3 Å². The molecule has 0 bridgehead atoms. The molecule has 2 heterocycles. The standard InChI is InChI=1S/C17H21ClN4O/c18-15-4-2-14(3-5-15)17(23)21-11-6-16(7-12-21)19-9-13-22-10-1-8-20-22/h1-5,8,10,16,19H,6-7,9,11-13H2. The van der Waals surface area contributed by atoms with E-state index in [1.54, 1.807) is 30.5 Å². The Balaban J connectivity index is 1.42. The summed E-state index contributed by atoms with van der Waals surface area (Å²) < 4.78 is 1.92. The minimum atomic E-state index is 0.0941. The zero-order valence-electron chi connectivity index (χ0n) is 13.0. The van der Waals surface area contributed by atoms with Crippen LogP contribution in [0.15, 0.2) is 42.7 Å². The number of rotatable bonds is 5. The van der Waals surface area contributed by atoms with Crippen LogP contribution in [0.4, 0.5) is 0 Å². The first kappa shape index (κ1) is 16.0. The number of halogens is 1. The molecule has 1 amide bonds. The minimum Gasteiger partial charge on any atom is -0.339 e. The van der Waals surface area contributed by atoms with Crippen LogP contribution in [0.5, 0.6) is 0 Å². The van der Waals surface area contributed by atoms with Crippen LogP contribution in [0.2, 0.25) is 5.02 Å². The molecule has 0 spiro atoms. The zero-order chi connectivity index (χ0) is 16.1. The molecule has 0 unspecified atom stereocenters. The summed E-state index contributed by atoms with van der Waals surface area (Å²) in [6.45, 7) is 3.36. The molecule has 3 rings (SSSR count). The predicted molar refractivity (Wildman–Crippen MR) is 90.6 cm³/mol. The number of piperidine rings is 1. The van der Waals surface area contributed by atoms with Gasteiger partial charge >= 0.3 is 0 Å². The maximum atomic E-state index is 12.4. The SMILES string of the molecule is O=C(c1ccc(Cl)cc1)N1CCC(NCCn2cccn2)CC1. The van der Waals surface area contributed by atoms with E-state index in [-0.39, 0.29) is 5.91 Å². The molecule has 1 fully saturated rings. The summed E-state index contributed by atoms with van der Waals surface area (Å²) in [7, 11) is 0. The Hall–Kier alpha value is -1.85. The van der Waals surface area contributed by atoms with Gasteiger partial charge in [0.2, 0.25) is 0 Å². The average molecular weight is 333 g/mol. The first-order valence-electron chi connectivity index (χ1n) is 7.98. The van der Waals surface area contributed by atoms with Gasteiger partial charge in [0.05, 0.1) is 6.54 Å². The summed E-state index contributed by atoms with van der Waals surface area (Å²) in [5.41, 5.74) is 0.708. The highest BCUT2D eigenvalue weighted by molar-refractivity contribution is 6.30. The summed E-state index contributed by atoms with van der Waals surface area (Å²) in [5.74, 6) is 0.0941. The van der Waals surface area contributed by atoms with Gasteiger partial charge in [-0.1, -0.05) is 11.6 Å². The Morgan fingerprint density at radius 3 is 2.65 bits per heavy atom. The molecular weight excluding hydrogens is 312 g/mol. The Morgan fingerprint density at radius 2 is 2.00 bits per heavy atom. The molecule has 1 aromatic carbocycles. The van der Waals surface area contributed by atoms with Gasteiger partial charge in [0, 0.05) is 48.7 Å².